The van der Waals surface area contributed by atoms with Gasteiger partial charge in [-0.2, -0.15) is 0 Å². The summed E-state index contributed by atoms with van der Waals surface area (Å²) >= 11 is 0. The molecule has 2 heterocycles. The van der Waals surface area contributed by atoms with Crippen LogP contribution in [0, 0.1) is 11.8 Å². The fourth-order valence-electron chi connectivity index (χ4n) is 5.03. The largest absolute Gasteiger partial charge is 0.480 e. The first kappa shape index (κ1) is 29.2. The molecule has 1 saturated heterocycles. The monoisotopic (exact) mass is 527 g/mol. The summed E-state index contributed by atoms with van der Waals surface area (Å²) in [5.74, 6) is -2.50. The molecule has 1 aliphatic rings. The number of para-hydroxylation sites is 1. The van der Waals surface area contributed by atoms with Crippen molar-refractivity contribution in [1.82, 2.24) is 20.5 Å². The first-order valence-electron chi connectivity index (χ1n) is 13.5. The van der Waals surface area contributed by atoms with Crippen LogP contribution in [0.25, 0.3) is 10.9 Å². The number of carboxylic acid groups (broad SMARTS) is 1. The minimum Gasteiger partial charge on any atom is -0.480 e. The Morgan fingerprint density at radius 2 is 1.84 bits per heavy atom. The van der Waals surface area contributed by atoms with Crippen molar-refractivity contribution in [3.63, 3.8) is 0 Å². The lowest BCUT2D eigenvalue weighted by molar-refractivity contribution is -0.149. The molecular formula is C28H41N5O5. The number of likely N-dealkylation sites (tertiary alicyclic amines) is 1. The number of amides is 3. The second-order valence-electron chi connectivity index (χ2n) is 10.8. The van der Waals surface area contributed by atoms with E-state index in [2.05, 4.69) is 15.6 Å². The maximum absolute atomic E-state index is 13.5. The third-order valence-electron chi connectivity index (χ3n) is 7.39. The molecule has 1 aromatic heterocycles. The predicted octanol–water partition coefficient (Wildman–Crippen LogP) is 2.18. The van der Waals surface area contributed by atoms with E-state index in [-0.39, 0.29) is 11.8 Å². The number of benzene rings is 1. The molecule has 0 saturated carbocycles. The van der Waals surface area contributed by atoms with Gasteiger partial charge >= 0.3 is 5.97 Å². The van der Waals surface area contributed by atoms with Crippen molar-refractivity contribution in [3.05, 3.63) is 36.0 Å². The summed E-state index contributed by atoms with van der Waals surface area (Å²) < 4.78 is 0. The van der Waals surface area contributed by atoms with Gasteiger partial charge in [-0.05, 0) is 49.1 Å². The van der Waals surface area contributed by atoms with Crippen molar-refractivity contribution < 1.29 is 24.3 Å². The third kappa shape index (κ3) is 6.92. The fraction of sp³-hybridized carbons (Fsp3) is 0.571. The van der Waals surface area contributed by atoms with Gasteiger partial charge in [0.25, 0.3) is 0 Å². The summed E-state index contributed by atoms with van der Waals surface area (Å²) in [5, 5.41) is 16.2. The van der Waals surface area contributed by atoms with E-state index in [4.69, 9.17) is 5.73 Å². The molecule has 10 heteroatoms. The lowest BCUT2D eigenvalue weighted by Crippen LogP contribution is -2.59. The number of carbonyl (C=O) groups excluding carboxylic acids is 3. The summed E-state index contributed by atoms with van der Waals surface area (Å²) in [7, 11) is 0. The molecule has 0 aliphatic carbocycles. The molecule has 5 atom stereocenters. The molecule has 208 valence electrons. The SMILES string of the molecule is CCC(C)C(NC(=O)C(N)Cc1c[nH]c2ccccc12)C(=O)NC(CC(C)C)C(=O)N1CCCC1C(=O)O. The highest BCUT2D eigenvalue weighted by molar-refractivity contribution is 5.94. The summed E-state index contributed by atoms with van der Waals surface area (Å²) in [6.07, 6.45) is 4.10. The zero-order chi connectivity index (χ0) is 28.0. The van der Waals surface area contributed by atoms with Crippen molar-refractivity contribution in [2.45, 2.75) is 84.0 Å². The minimum atomic E-state index is -1.04. The number of carboxylic acids is 1. The van der Waals surface area contributed by atoms with Gasteiger partial charge in [-0.1, -0.05) is 52.3 Å². The van der Waals surface area contributed by atoms with Crippen LogP contribution in [-0.4, -0.2) is 69.4 Å². The van der Waals surface area contributed by atoms with Crippen LogP contribution >= 0.6 is 0 Å². The molecule has 2 aromatic rings. The maximum atomic E-state index is 13.5. The van der Waals surface area contributed by atoms with Crippen LogP contribution in [-0.2, 0) is 25.6 Å². The Morgan fingerprint density at radius 3 is 2.50 bits per heavy atom. The van der Waals surface area contributed by atoms with Gasteiger partial charge in [0.1, 0.15) is 18.1 Å². The van der Waals surface area contributed by atoms with Crippen LogP contribution in [0.15, 0.2) is 30.5 Å². The van der Waals surface area contributed by atoms with Crippen molar-refractivity contribution in [2.75, 3.05) is 6.54 Å². The number of aromatic nitrogens is 1. The van der Waals surface area contributed by atoms with Crippen molar-refractivity contribution in [2.24, 2.45) is 17.6 Å². The Balaban J connectivity index is 1.72. The van der Waals surface area contributed by atoms with Gasteiger partial charge in [-0.25, -0.2) is 4.79 Å². The normalized spacial score (nSPS) is 18.7. The quantitative estimate of drug-likeness (QED) is 0.285. The van der Waals surface area contributed by atoms with E-state index in [1.165, 1.54) is 4.90 Å². The van der Waals surface area contributed by atoms with Crippen LogP contribution in [0.1, 0.15) is 58.9 Å². The summed E-state index contributed by atoms with van der Waals surface area (Å²) in [5.41, 5.74) is 8.12. The number of aromatic amines is 1. The first-order valence-corrected chi connectivity index (χ1v) is 13.5. The minimum absolute atomic E-state index is 0.0800. The molecule has 3 amide bonds. The first-order chi connectivity index (χ1) is 18.0. The third-order valence-corrected chi connectivity index (χ3v) is 7.39. The number of hydrogen-bond acceptors (Lipinski definition) is 5. The summed E-state index contributed by atoms with van der Waals surface area (Å²) in [6, 6.07) is 4.22. The van der Waals surface area contributed by atoms with Gasteiger partial charge in [0.15, 0.2) is 0 Å². The van der Waals surface area contributed by atoms with E-state index in [1.54, 1.807) is 0 Å². The van der Waals surface area contributed by atoms with E-state index in [1.807, 2.05) is 58.2 Å². The Labute approximate surface area is 223 Å². The Hall–Kier alpha value is -3.40. The average molecular weight is 528 g/mol. The molecule has 1 aliphatic heterocycles. The lowest BCUT2D eigenvalue weighted by Gasteiger charge is -2.31. The lowest BCUT2D eigenvalue weighted by atomic mass is 9.95. The van der Waals surface area contributed by atoms with Gasteiger partial charge in [0.05, 0.1) is 6.04 Å². The standard InChI is InChI=1S/C28H41N5O5/c1-5-17(4)24(32-25(34)20(29)14-18-15-30-21-10-7-6-9-19(18)21)26(35)31-22(13-16(2)3)27(36)33-12-8-11-23(33)28(37)38/h6-7,9-10,15-17,20,22-24,30H,5,8,11-14,29H2,1-4H3,(H,31,35)(H,32,34)(H,37,38). The Kier molecular flexibility index (Phi) is 9.90. The highest BCUT2D eigenvalue weighted by Crippen LogP contribution is 2.21. The average Bonchev–Trinajstić information content (AvgIpc) is 3.53. The molecule has 1 fully saturated rings. The van der Waals surface area contributed by atoms with Crippen molar-refractivity contribution >= 4 is 34.6 Å². The molecule has 1 aromatic carbocycles. The van der Waals surface area contributed by atoms with Crippen LogP contribution in [0.2, 0.25) is 0 Å². The predicted molar refractivity (Wildman–Crippen MR) is 145 cm³/mol. The highest BCUT2D eigenvalue weighted by Gasteiger charge is 2.39. The molecule has 0 spiro atoms. The number of H-pyrrole nitrogens is 1. The van der Waals surface area contributed by atoms with Gasteiger partial charge in [0, 0.05) is 23.6 Å². The zero-order valence-corrected chi connectivity index (χ0v) is 22.7. The van der Waals surface area contributed by atoms with Crippen LogP contribution in [0.5, 0.6) is 0 Å². The highest BCUT2D eigenvalue weighted by atomic mass is 16.4. The molecule has 3 rings (SSSR count). The van der Waals surface area contributed by atoms with Gasteiger partial charge < -0.3 is 31.4 Å². The van der Waals surface area contributed by atoms with Crippen LogP contribution in [0.3, 0.4) is 0 Å². The van der Waals surface area contributed by atoms with E-state index in [0.29, 0.717) is 38.6 Å². The molecule has 0 bridgehead atoms. The van der Waals surface area contributed by atoms with E-state index >= 15 is 0 Å². The zero-order valence-electron chi connectivity index (χ0n) is 22.7. The van der Waals surface area contributed by atoms with Gasteiger partial charge in [0.2, 0.25) is 17.7 Å². The number of carbonyl (C=O) groups is 4. The summed E-state index contributed by atoms with van der Waals surface area (Å²) in [4.78, 5) is 56.1. The van der Waals surface area contributed by atoms with Crippen molar-refractivity contribution in [3.8, 4) is 0 Å². The molecule has 5 unspecified atom stereocenters. The summed E-state index contributed by atoms with van der Waals surface area (Å²) in [6.45, 7) is 7.98. The smallest absolute Gasteiger partial charge is 0.326 e. The molecule has 0 radical (unpaired) electrons. The number of rotatable bonds is 12. The van der Waals surface area contributed by atoms with E-state index in [0.717, 1.165) is 16.5 Å². The molecule has 6 N–H and O–H groups in total. The number of fused-ring (bicyclic) bond motifs is 1. The number of hydrogen-bond donors (Lipinski definition) is 5. The van der Waals surface area contributed by atoms with E-state index in [9.17, 15) is 24.3 Å². The Morgan fingerprint density at radius 1 is 1.13 bits per heavy atom. The van der Waals surface area contributed by atoms with Gasteiger partial charge in [-0.3, -0.25) is 14.4 Å². The van der Waals surface area contributed by atoms with Crippen LogP contribution < -0.4 is 16.4 Å². The molecular weight excluding hydrogens is 486 g/mol. The Bertz CT molecular complexity index is 1150. The number of nitrogens with two attached hydrogens (primary N) is 1. The number of aliphatic carboxylic acids is 1. The van der Waals surface area contributed by atoms with Gasteiger partial charge in [-0.15, -0.1) is 0 Å². The second-order valence-corrected chi connectivity index (χ2v) is 10.8. The fourth-order valence-corrected chi connectivity index (χ4v) is 5.03. The molecule has 10 nitrogen and oxygen atoms in total. The number of nitrogens with zero attached hydrogens (tertiary/aromatic N) is 1. The van der Waals surface area contributed by atoms with E-state index < -0.39 is 47.9 Å². The topological polar surface area (TPSA) is 158 Å². The maximum Gasteiger partial charge on any atom is 0.326 e. The van der Waals surface area contributed by atoms with Crippen molar-refractivity contribution in [1.29, 1.82) is 0 Å². The second kappa shape index (κ2) is 12.9. The molecule has 38 heavy (non-hydrogen) atoms. The van der Waals surface area contributed by atoms with Crippen LogP contribution in [0.4, 0.5) is 0 Å². The number of nitrogens with one attached hydrogen (secondary N) is 3.